The van der Waals surface area contributed by atoms with Crippen LogP contribution >= 0.6 is 11.8 Å². The van der Waals surface area contributed by atoms with Gasteiger partial charge in [-0.3, -0.25) is 4.79 Å². The Labute approximate surface area is 174 Å². The van der Waals surface area contributed by atoms with Crippen LogP contribution in [-0.2, 0) is 19.0 Å². The van der Waals surface area contributed by atoms with E-state index in [-0.39, 0.29) is 11.5 Å². The lowest BCUT2D eigenvalue weighted by molar-refractivity contribution is -0.173. The van der Waals surface area contributed by atoms with Crippen molar-refractivity contribution >= 4 is 23.5 Å². The number of carbonyl (C=O) groups excluding carboxylic acids is 2. The highest BCUT2D eigenvalue weighted by molar-refractivity contribution is 7.98. The Morgan fingerprint density at radius 1 is 1.21 bits per heavy atom. The number of rotatable bonds is 5. The Bertz CT molecular complexity index is 892. The van der Waals surface area contributed by atoms with E-state index in [1.807, 2.05) is 13.2 Å². The minimum atomic E-state index is -1.20. The number of aryl methyl sites for hydroxylation is 1. The lowest BCUT2D eigenvalue weighted by Crippen LogP contribution is -2.61. The van der Waals surface area contributed by atoms with E-state index in [1.165, 1.54) is 18.9 Å². The van der Waals surface area contributed by atoms with Crippen molar-refractivity contribution in [2.45, 2.75) is 45.5 Å². The second kappa shape index (κ2) is 8.01. The summed E-state index contributed by atoms with van der Waals surface area (Å²) in [7, 11) is 3.05. The quantitative estimate of drug-likeness (QED) is 0.529. The van der Waals surface area contributed by atoms with Gasteiger partial charge in [-0.25, -0.2) is 4.79 Å². The Hall–Kier alpha value is -2.03. The maximum Gasteiger partial charge on any atom is 0.347 e. The van der Waals surface area contributed by atoms with Gasteiger partial charge >= 0.3 is 5.97 Å². The van der Waals surface area contributed by atoms with E-state index < -0.39 is 23.8 Å². The van der Waals surface area contributed by atoms with Crippen LogP contribution in [-0.4, -0.2) is 56.0 Å². The number of thioether (sulfide) groups is 1. The Kier molecular flexibility index (Phi) is 5.98. The van der Waals surface area contributed by atoms with E-state index in [1.54, 1.807) is 33.9 Å². The van der Waals surface area contributed by atoms with Crippen molar-refractivity contribution in [2.24, 2.45) is 0 Å². The zero-order valence-electron chi connectivity index (χ0n) is 17.7. The molecule has 8 heteroatoms. The van der Waals surface area contributed by atoms with Crippen molar-refractivity contribution in [2.75, 3.05) is 26.4 Å². The average molecular weight is 422 g/mol. The molecular weight excluding hydrogens is 396 g/mol. The molecule has 0 N–H and O–H groups in total. The molecule has 1 aliphatic heterocycles. The minimum absolute atomic E-state index is 0.155. The summed E-state index contributed by atoms with van der Waals surface area (Å²) < 4.78 is 29.1. The number of carbonyl (C=O) groups is 2. The van der Waals surface area contributed by atoms with Gasteiger partial charge in [0.1, 0.15) is 22.7 Å². The van der Waals surface area contributed by atoms with Crippen LogP contribution in [0.2, 0.25) is 0 Å². The first-order chi connectivity index (χ1) is 13.7. The molecular formula is C21H26O7S. The van der Waals surface area contributed by atoms with Crippen molar-refractivity contribution in [3.8, 4) is 11.5 Å². The maximum atomic E-state index is 13.0. The molecule has 3 atom stereocenters. The van der Waals surface area contributed by atoms with E-state index in [9.17, 15) is 9.59 Å². The monoisotopic (exact) mass is 422 g/mol. The van der Waals surface area contributed by atoms with Crippen molar-refractivity contribution in [3.63, 3.8) is 0 Å². The molecule has 158 valence electrons. The summed E-state index contributed by atoms with van der Waals surface area (Å²) in [4.78, 5) is 26.0. The van der Waals surface area contributed by atoms with Crippen LogP contribution < -0.4 is 9.47 Å². The molecule has 7 nitrogen and oxygen atoms in total. The van der Waals surface area contributed by atoms with Crippen LogP contribution in [0.25, 0.3) is 0 Å². The first-order valence-corrected chi connectivity index (χ1v) is 10.6. The normalized spacial score (nSPS) is 26.3. The molecule has 0 aromatic heterocycles. The van der Waals surface area contributed by atoms with Crippen LogP contribution in [0.1, 0.15) is 35.3 Å². The van der Waals surface area contributed by atoms with E-state index in [0.29, 0.717) is 39.7 Å². The molecule has 2 aliphatic rings. The predicted octanol–water partition coefficient (Wildman–Crippen LogP) is 3.20. The zero-order valence-corrected chi connectivity index (χ0v) is 18.5. The number of hydrogen-bond acceptors (Lipinski definition) is 8. The van der Waals surface area contributed by atoms with Crippen LogP contribution in [0.15, 0.2) is 17.4 Å². The van der Waals surface area contributed by atoms with E-state index in [0.717, 1.165) is 0 Å². The highest BCUT2D eigenvalue weighted by Crippen LogP contribution is 2.45. The summed E-state index contributed by atoms with van der Waals surface area (Å²) >= 11 is 1.45. The summed E-state index contributed by atoms with van der Waals surface area (Å²) in [5.74, 6) is 0.563. The summed E-state index contributed by atoms with van der Waals surface area (Å²) in [6.45, 7) is 6.94. The van der Waals surface area contributed by atoms with Crippen molar-refractivity contribution in [3.05, 3.63) is 34.1 Å². The van der Waals surface area contributed by atoms with Crippen LogP contribution in [0.5, 0.6) is 11.5 Å². The third-order valence-corrected chi connectivity index (χ3v) is 5.96. The van der Waals surface area contributed by atoms with Crippen molar-refractivity contribution in [1.82, 2.24) is 0 Å². The Morgan fingerprint density at radius 2 is 1.90 bits per heavy atom. The first kappa shape index (κ1) is 21.7. The number of benzene rings is 1. The average Bonchev–Trinajstić information content (AvgIpc) is 2.86. The predicted molar refractivity (Wildman–Crippen MR) is 109 cm³/mol. The van der Waals surface area contributed by atoms with Crippen LogP contribution in [0, 0.1) is 13.8 Å². The third-order valence-electron chi connectivity index (χ3n) is 5.59. The number of methoxy groups -OCH3 is 2. The highest BCUT2D eigenvalue weighted by atomic mass is 32.2. The molecule has 1 aromatic carbocycles. The molecule has 29 heavy (non-hydrogen) atoms. The van der Waals surface area contributed by atoms with Gasteiger partial charge < -0.3 is 23.7 Å². The first-order valence-electron chi connectivity index (χ1n) is 9.18. The number of fused-ring (bicyclic) bond motifs is 2. The number of ketones is 1. The number of ether oxygens (including phenoxy) is 5. The number of Topliss-reactive ketones (excluding diaryl/α,β-unsaturated/α-hetero) is 1. The van der Waals surface area contributed by atoms with Gasteiger partial charge in [0, 0.05) is 18.2 Å². The van der Waals surface area contributed by atoms with Gasteiger partial charge in [0.15, 0.2) is 23.8 Å². The van der Waals surface area contributed by atoms with Crippen molar-refractivity contribution in [1.29, 1.82) is 0 Å². The van der Waals surface area contributed by atoms with Crippen molar-refractivity contribution < 1.29 is 33.3 Å². The maximum absolute atomic E-state index is 13.0. The summed E-state index contributed by atoms with van der Waals surface area (Å²) in [5.41, 5.74) is 0.725. The van der Waals surface area contributed by atoms with Gasteiger partial charge in [-0.15, -0.1) is 11.8 Å². The molecule has 0 saturated carbocycles. The fourth-order valence-corrected chi connectivity index (χ4v) is 4.07. The largest absolute Gasteiger partial charge is 0.496 e. The molecule has 0 bridgehead atoms. The van der Waals surface area contributed by atoms with Gasteiger partial charge in [0.05, 0.1) is 13.0 Å². The van der Waals surface area contributed by atoms with E-state index in [2.05, 4.69) is 0 Å². The smallest absolute Gasteiger partial charge is 0.347 e. The second-order valence-corrected chi connectivity index (χ2v) is 8.12. The van der Waals surface area contributed by atoms with Gasteiger partial charge in [-0.2, -0.15) is 0 Å². The van der Waals surface area contributed by atoms with E-state index in [4.69, 9.17) is 23.7 Å². The molecule has 0 spiro atoms. The molecule has 1 heterocycles. The summed E-state index contributed by atoms with van der Waals surface area (Å²) in [5, 5.41) is 0. The Morgan fingerprint density at radius 3 is 2.48 bits per heavy atom. The van der Waals surface area contributed by atoms with Gasteiger partial charge in [-0.1, -0.05) is 0 Å². The van der Waals surface area contributed by atoms with E-state index >= 15 is 0 Å². The highest BCUT2D eigenvalue weighted by Gasteiger charge is 2.57. The molecule has 0 saturated heterocycles. The van der Waals surface area contributed by atoms with Gasteiger partial charge in [0.25, 0.3) is 0 Å². The molecule has 0 amide bonds. The lowest BCUT2D eigenvalue weighted by Gasteiger charge is -2.44. The summed E-state index contributed by atoms with van der Waals surface area (Å²) in [6.07, 6.45) is 0.123. The SMILES string of the molecule is COc1cc(C)c2c(c1C)O[C@H]1C(=C(C)C(=O)[C@@H](OCSC)[C@]1(C)OC)OC2=O. The summed E-state index contributed by atoms with van der Waals surface area (Å²) in [6, 6.07) is 1.76. The zero-order chi connectivity index (χ0) is 21.5. The lowest BCUT2D eigenvalue weighted by atomic mass is 9.79. The molecule has 0 unspecified atom stereocenters. The standard InChI is InChI=1S/C21H26O7S/c1-10-8-13(24-5)11(2)16-14(10)20(23)28-17-12(3)15(22)18(26-9-29-7)21(4,25-6)19(17)27-16/h8,18-19H,9H2,1-7H3/t18-,19+,21+/m1/s1. The fourth-order valence-electron chi connectivity index (χ4n) is 3.80. The van der Waals surface area contributed by atoms with Gasteiger partial charge in [-0.05, 0) is 45.6 Å². The second-order valence-electron chi connectivity index (χ2n) is 7.31. The number of esters is 1. The fraction of sp³-hybridized carbons (Fsp3) is 0.524. The molecule has 1 aromatic rings. The number of hydrogen-bond donors (Lipinski definition) is 0. The minimum Gasteiger partial charge on any atom is -0.496 e. The molecule has 3 rings (SSSR count). The molecule has 0 fully saturated rings. The Balaban J connectivity index is 2.23. The molecule has 0 radical (unpaired) electrons. The van der Waals surface area contributed by atoms with Crippen LogP contribution in [0.4, 0.5) is 0 Å². The van der Waals surface area contributed by atoms with Crippen LogP contribution in [0.3, 0.4) is 0 Å². The molecule has 1 aliphatic carbocycles. The van der Waals surface area contributed by atoms with Gasteiger partial charge in [0.2, 0.25) is 0 Å². The topological polar surface area (TPSA) is 80.3 Å². The third kappa shape index (κ3) is 3.33.